The molecule has 0 saturated carbocycles. The van der Waals surface area contributed by atoms with E-state index in [2.05, 4.69) is 130 Å². The molecule has 0 saturated heterocycles. The van der Waals surface area contributed by atoms with Gasteiger partial charge >= 0.3 is 17.9 Å². The summed E-state index contributed by atoms with van der Waals surface area (Å²) in [5.41, 5.74) is 0. The number of carbonyl (C=O) groups is 3. The second-order valence-corrected chi connectivity index (χ2v) is 15.7. The van der Waals surface area contributed by atoms with Crippen LogP contribution in [0.1, 0.15) is 168 Å². The van der Waals surface area contributed by atoms with Gasteiger partial charge in [-0.3, -0.25) is 14.4 Å². The number of unbranched alkanes of at least 4 members (excludes halogenated alkanes) is 7. The van der Waals surface area contributed by atoms with Crippen LogP contribution >= 0.6 is 0 Å². The highest BCUT2D eigenvalue weighted by Gasteiger charge is 2.19. The van der Waals surface area contributed by atoms with Crippen LogP contribution in [0.2, 0.25) is 0 Å². The van der Waals surface area contributed by atoms with E-state index in [1.54, 1.807) is 0 Å². The Balaban J connectivity index is 4.71. The zero-order valence-electron chi connectivity index (χ0n) is 41.4. The molecule has 0 rings (SSSR count). The van der Waals surface area contributed by atoms with Gasteiger partial charge in [-0.1, -0.05) is 210 Å². The van der Waals surface area contributed by atoms with Crippen molar-refractivity contribution in [2.45, 2.75) is 175 Å². The Morgan fingerprint density at radius 2 is 0.712 bits per heavy atom. The van der Waals surface area contributed by atoms with Crippen molar-refractivity contribution in [1.29, 1.82) is 0 Å². The van der Waals surface area contributed by atoms with Crippen molar-refractivity contribution in [2.24, 2.45) is 0 Å². The maximum absolute atomic E-state index is 12.8. The highest BCUT2D eigenvalue weighted by Crippen LogP contribution is 2.09. The lowest BCUT2D eigenvalue weighted by Gasteiger charge is -2.18. The fourth-order valence-electron chi connectivity index (χ4n) is 5.85. The number of carbonyl (C=O) groups excluding carboxylic acids is 3. The molecule has 6 nitrogen and oxygen atoms in total. The molecule has 0 radical (unpaired) electrons. The number of hydrogen-bond acceptors (Lipinski definition) is 6. The number of rotatable bonds is 42. The van der Waals surface area contributed by atoms with Gasteiger partial charge in [0.25, 0.3) is 0 Å². The molecule has 0 fully saturated rings. The first-order chi connectivity index (χ1) is 32.5. The summed E-state index contributed by atoms with van der Waals surface area (Å²) in [6.45, 7) is 6.16. The Kier molecular flexibility index (Phi) is 48.2. The van der Waals surface area contributed by atoms with Gasteiger partial charge in [0.1, 0.15) is 13.2 Å². The molecule has 1 atom stereocenters. The van der Waals surface area contributed by atoms with Crippen molar-refractivity contribution in [3.63, 3.8) is 0 Å². The van der Waals surface area contributed by atoms with E-state index in [1.165, 1.54) is 25.7 Å². The predicted octanol–water partition coefficient (Wildman–Crippen LogP) is 16.8. The number of allylic oxidation sites excluding steroid dienone is 28. The predicted molar refractivity (Wildman–Crippen MR) is 283 cm³/mol. The van der Waals surface area contributed by atoms with Gasteiger partial charge in [-0.05, 0) is 109 Å². The molecule has 0 aliphatic rings. The standard InChI is InChI=1S/C60H88O6/c1-4-7-10-13-16-19-22-25-28-30-33-35-38-41-44-47-50-53-59(62)65-56-57(55-64-58(61)52-49-46-43-40-37-34-31-27-24-21-18-15-12-9-6-3)66-60(63)54-51-48-45-42-39-36-32-29-26-23-20-17-14-11-8-5-2/h8-9,11-12,15-21,24-29,31,33-37,39,41,44-45,48,57H,4-7,10,13-14,22-23,30,32,38,40,42-43,46-47,49-56H2,1-3H3/b11-8-,12-9-,18-15-,19-16-,20-17-,24-21-,28-25-,29-26-,31-27-,35-33-,37-34-,39-36-,44-41-,48-45-. The maximum Gasteiger partial charge on any atom is 0.306 e. The van der Waals surface area contributed by atoms with E-state index in [4.69, 9.17) is 14.2 Å². The first-order valence-corrected chi connectivity index (χ1v) is 25.2. The van der Waals surface area contributed by atoms with Crippen LogP contribution in [-0.2, 0) is 28.6 Å². The van der Waals surface area contributed by atoms with E-state index >= 15 is 0 Å². The molecule has 6 heteroatoms. The summed E-state index contributed by atoms with van der Waals surface area (Å²) in [6.07, 6.45) is 77.8. The quantitative estimate of drug-likeness (QED) is 0.0200. The van der Waals surface area contributed by atoms with Crippen LogP contribution in [0.5, 0.6) is 0 Å². The van der Waals surface area contributed by atoms with E-state index in [0.29, 0.717) is 19.3 Å². The van der Waals surface area contributed by atoms with Gasteiger partial charge in [0.05, 0.1) is 0 Å². The lowest BCUT2D eigenvalue weighted by atomic mass is 10.1. The molecule has 0 bridgehead atoms. The second kappa shape index (κ2) is 52.4. The minimum absolute atomic E-state index is 0.156. The first kappa shape index (κ1) is 60.8. The van der Waals surface area contributed by atoms with Crippen molar-refractivity contribution in [3.05, 3.63) is 170 Å². The van der Waals surface area contributed by atoms with E-state index in [-0.39, 0.29) is 44.4 Å². The molecule has 66 heavy (non-hydrogen) atoms. The molecule has 0 spiro atoms. The van der Waals surface area contributed by atoms with Crippen molar-refractivity contribution in [1.82, 2.24) is 0 Å². The van der Waals surface area contributed by atoms with Gasteiger partial charge in [-0.2, -0.15) is 0 Å². The number of esters is 3. The van der Waals surface area contributed by atoms with Crippen molar-refractivity contribution >= 4 is 17.9 Å². The Bertz CT molecular complexity index is 1600. The third kappa shape index (κ3) is 49.8. The zero-order chi connectivity index (χ0) is 47.9. The Labute approximate surface area is 402 Å². The molecule has 0 heterocycles. The van der Waals surface area contributed by atoms with Crippen LogP contribution in [0.4, 0.5) is 0 Å². The van der Waals surface area contributed by atoms with Crippen LogP contribution < -0.4 is 0 Å². The fourth-order valence-corrected chi connectivity index (χ4v) is 5.85. The van der Waals surface area contributed by atoms with Crippen molar-refractivity contribution in [2.75, 3.05) is 13.2 Å². The van der Waals surface area contributed by atoms with Gasteiger partial charge < -0.3 is 14.2 Å². The largest absolute Gasteiger partial charge is 0.462 e. The number of hydrogen-bond donors (Lipinski definition) is 0. The van der Waals surface area contributed by atoms with E-state index in [1.807, 2.05) is 60.8 Å². The summed E-state index contributed by atoms with van der Waals surface area (Å²) in [5.74, 6) is -1.15. The first-order valence-electron chi connectivity index (χ1n) is 25.2. The normalized spacial score (nSPS) is 13.6. The monoisotopic (exact) mass is 905 g/mol. The molecule has 0 N–H and O–H groups in total. The van der Waals surface area contributed by atoms with Gasteiger partial charge in [0.15, 0.2) is 6.10 Å². The maximum atomic E-state index is 12.8. The fraction of sp³-hybridized carbons (Fsp3) is 0.483. The summed E-state index contributed by atoms with van der Waals surface area (Å²) in [4.78, 5) is 37.9. The molecule has 364 valence electrons. The molecule has 0 aromatic carbocycles. The lowest BCUT2D eigenvalue weighted by molar-refractivity contribution is -0.166. The average Bonchev–Trinajstić information content (AvgIpc) is 3.31. The third-order valence-corrected chi connectivity index (χ3v) is 9.58. The van der Waals surface area contributed by atoms with E-state index in [9.17, 15) is 14.4 Å². The Morgan fingerprint density at radius 1 is 0.333 bits per heavy atom. The summed E-state index contributed by atoms with van der Waals surface area (Å²) in [7, 11) is 0. The minimum atomic E-state index is -0.866. The van der Waals surface area contributed by atoms with Gasteiger partial charge in [0, 0.05) is 19.3 Å². The van der Waals surface area contributed by atoms with Crippen LogP contribution in [0.3, 0.4) is 0 Å². The Hall–Kier alpha value is -5.23. The minimum Gasteiger partial charge on any atom is -0.462 e. The van der Waals surface area contributed by atoms with Crippen LogP contribution in [0.25, 0.3) is 0 Å². The van der Waals surface area contributed by atoms with E-state index in [0.717, 1.165) is 83.5 Å². The lowest BCUT2D eigenvalue weighted by Crippen LogP contribution is -2.30. The van der Waals surface area contributed by atoms with Gasteiger partial charge in [-0.25, -0.2) is 0 Å². The van der Waals surface area contributed by atoms with Gasteiger partial charge in [0.2, 0.25) is 0 Å². The molecule has 0 aromatic rings. The highest BCUT2D eigenvalue weighted by atomic mass is 16.6. The van der Waals surface area contributed by atoms with Crippen LogP contribution in [-0.4, -0.2) is 37.2 Å². The zero-order valence-corrected chi connectivity index (χ0v) is 41.4. The van der Waals surface area contributed by atoms with Crippen LogP contribution in [0.15, 0.2) is 170 Å². The molecular weight excluding hydrogens is 817 g/mol. The summed E-state index contributed by atoms with van der Waals surface area (Å²) >= 11 is 0. The summed E-state index contributed by atoms with van der Waals surface area (Å²) in [6, 6.07) is 0. The smallest absolute Gasteiger partial charge is 0.306 e. The molecule has 1 unspecified atom stereocenters. The molecule has 0 aliphatic heterocycles. The molecule has 0 aromatic heterocycles. The SMILES string of the molecule is CC\C=C/C=C\C=C/C=C\C=C/CCCCCC(=O)OCC(COC(=O)CCC/C=C\C/C=C\C/C=C\C/C=C\CCCCC)OC(=O)CC/C=C\C/C=C\C/C=C\C/C=C\C/C=C\CC. The van der Waals surface area contributed by atoms with Crippen molar-refractivity contribution < 1.29 is 28.6 Å². The second-order valence-electron chi connectivity index (χ2n) is 15.7. The molecule has 0 amide bonds. The third-order valence-electron chi connectivity index (χ3n) is 9.58. The highest BCUT2D eigenvalue weighted by molar-refractivity contribution is 5.71. The van der Waals surface area contributed by atoms with Crippen LogP contribution in [0, 0.1) is 0 Å². The molecule has 0 aliphatic carbocycles. The topological polar surface area (TPSA) is 78.9 Å². The number of ether oxygens (including phenoxy) is 3. The van der Waals surface area contributed by atoms with E-state index < -0.39 is 12.1 Å². The summed E-state index contributed by atoms with van der Waals surface area (Å²) < 4.78 is 16.6. The van der Waals surface area contributed by atoms with Crippen molar-refractivity contribution in [3.8, 4) is 0 Å². The summed E-state index contributed by atoms with van der Waals surface area (Å²) in [5, 5.41) is 0. The Morgan fingerprint density at radius 3 is 1.20 bits per heavy atom. The molecular formula is C60H88O6. The average molecular weight is 905 g/mol. The van der Waals surface area contributed by atoms with Gasteiger partial charge in [-0.15, -0.1) is 0 Å².